The topological polar surface area (TPSA) is 21.5 Å². The monoisotopic (exact) mass is 182 g/mol. The van der Waals surface area contributed by atoms with Crippen molar-refractivity contribution in [1.82, 2.24) is 0 Å². The molecular weight excluding hydrogens is 162 g/mol. The zero-order chi connectivity index (χ0) is 10.2. The van der Waals surface area contributed by atoms with Crippen molar-refractivity contribution >= 4 is 5.78 Å². The van der Waals surface area contributed by atoms with Crippen molar-refractivity contribution in [2.75, 3.05) is 6.54 Å². The maximum absolute atomic E-state index is 11.6. The van der Waals surface area contributed by atoms with E-state index >= 15 is 0 Å². The summed E-state index contributed by atoms with van der Waals surface area (Å²) in [6.07, 6.45) is 1.79. The molecule has 0 amide bonds. The van der Waals surface area contributed by atoms with Crippen LogP contribution in [0.25, 0.3) is 0 Å². The lowest BCUT2D eigenvalue weighted by atomic mass is 9.96. The fourth-order valence-corrected chi connectivity index (χ4v) is 1.96. The molecule has 2 atom stereocenters. The summed E-state index contributed by atoms with van der Waals surface area (Å²) in [5.41, 5.74) is 1.36. The maximum Gasteiger partial charge on any atom is 0.212 e. The standard InChI is InChI=1S/C11H19NO/c1-8-6-10(13)9(2)12(7-8)11(3,4)5/h6,9H,7H2,1-5H3/p+1/t9-/m0/s1. The lowest BCUT2D eigenvalue weighted by Gasteiger charge is -2.38. The maximum atomic E-state index is 11.6. The second-order valence-corrected chi connectivity index (χ2v) is 5.07. The number of hydrogen-bond acceptors (Lipinski definition) is 1. The zero-order valence-corrected chi connectivity index (χ0v) is 9.27. The summed E-state index contributed by atoms with van der Waals surface area (Å²) in [5.74, 6) is 0.272. The Morgan fingerprint density at radius 1 is 1.46 bits per heavy atom. The molecule has 0 aromatic carbocycles. The van der Waals surface area contributed by atoms with Crippen molar-refractivity contribution in [3.8, 4) is 0 Å². The molecule has 1 aliphatic rings. The summed E-state index contributed by atoms with van der Waals surface area (Å²) in [6.45, 7) is 11.6. The van der Waals surface area contributed by atoms with Crippen LogP contribution in [0.2, 0.25) is 0 Å². The van der Waals surface area contributed by atoms with Crippen LogP contribution >= 0.6 is 0 Å². The Hall–Kier alpha value is -0.630. The lowest BCUT2D eigenvalue weighted by Crippen LogP contribution is -3.23. The Labute approximate surface area is 80.6 Å². The van der Waals surface area contributed by atoms with E-state index < -0.39 is 0 Å². The van der Waals surface area contributed by atoms with Crippen LogP contribution in [0.4, 0.5) is 0 Å². The summed E-state index contributed by atoms with van der Waals surface area (Å²) in [4.78, 5) is 12.9. The molecule has 0 spiro atoms. The third kappa shape index (κ3) is 2.19. The number of rotatable bonds is 0. The van der Waals surface area contributed by atoms with Gasteiger partial charge < -0.3 is 4.90 Å². The fraction of sp³-hybridized carbons (Fsp3) is 0.727. The van der Waals surface area contributed by atoms with Gasteiger partial charge in [-0.15, -0.1) is 0 Å². The molecule has 0 aromatic heterocycles. The van der Waals surface area contributed by atoms with Crippen molar-refractivity contribution in [1.29, 1.82) is 0 Å². The van der Waals surface area contributed by atoms with Gasteiger partial charge in [-0.3, -0.25) is 4.79 Å². The number of ketones is 1. The smallest absolute Gasteiger partial charge is 0.212 e. The first-order valence-corrected chi connectivity index (χ1v) is 4.89. The first-order valence-electron chi connectivity index (χ1n) is 4.89. The van der Waals surface area contributed by atoms with E-state index in [1.54, 1.807) is 6.08 Å². The number of carbonyl (C=O) groups is 1. The highest BCUT2D eigenvalue weighted by Gasteiger charge is 2.36. The first kappa shape index (κ1) is 10.5. The van der Waals surface area contributed by atoms with Gasteiger partial charge >= 0.3 is 0 Å². The minimum absolute atomic E-state index is 0.115. The van der Waals surface area contributed by atoms with Crippen molar-refractivity contribution in [2.24, 2.45) is 0 Å². The average Bonchev–Trinajstić information content (AvgIpc) is 1.94. The fourth-order valence-electron chi connectivity index (χ4n) is 1.96. The number of quaternary nitrogens is 1. The Morgan fingerprint density at radius 2 is 2.00 bits per heavy atom. The molecule has 2 nitrogen and oxygen atoms in total. The predicted octanol–water partition coefficient (Wildman–Crippen LogP) is 0.587. The molecule has 2 heteroatoms. The Kier molecular flexibility index (Phi) is 2.62. The summed E-state index contributed by atoms with van der Waals surface area (Å²) < 4.78 is 0. The molecule has 0 fully saturated rings. The lowest BCUT2D eigenvalue weighted by molar-refractivity contribution is -0.956. The van der Waals surface area contributed by atoms with Gasteiger partial charge in [0.1, 0.15) is 6.04 Å². The summed E-state index contributed by atoms with van der Waals surface area (Å²) >= 11 is 0. The Bertz CT molecular complexity index is 247. The van der Waals surface area contributed by atoms with Gasteiger partial charge in [-0.2, -0.15) is 0 Å². The third-order valence-corrected chi connectivity index (χ3v) is 2.77. The van der Waals surface area contributed by atoms with E-state index in [0.717, 1.165) is 6.54 Å². The van der Waals surface area contributed by atoms with Crippen LogP contribution in [0.15, 0.2) is 11.6 Å². The molecule has 1 aliphatic heterocycles. The van der Waals surface area contributed by atoms with E-state index in [1.807, 2.05) is 13.8 Å². The molecular formula is C11H20NO+. The van der Waals surface area contributed by atoms with Gasteiger partial charge in [-0.1, -0.05) is 0 Å². The molecule has 1 heterocycles. The van der Waals surface area contributed by atoms with Crippen LogP contribution in [0.5, 0.6) is 0 Å². The van der Waals surface area contributed by atoms with Crippen LogP contribution in [0.3, 0.4) is 0 Å². The molecule has 1 rings (SSSR count). The van der Waals surface area contributed by atoms with E-state index in [9.17, 15) is 4.79 Å². The highest BCUT2D eigenvalue weighted by molar-refractivity contribution is 5.94. The summed E-state index contributed by atoms with van der Waals surface area (Å²) in [7, 11) is 0. The van der Waals surface area contributed by atoms with Gasteiger partial charge in [0.05, 0.1) is 12.1 Å². The highest BCUT2D eigenvalue weighted by atomic mass is 16.1. The minimum atomic E-state index is 0.115. The molecule has 0 bridgehead atoms. The van der Waals surface area contributed by atoms with Crippen molar-refractivity contribution in [3.63, 3.8) is 0 Å². The average molecular weight is 182 g/mol. The third-order valence-electron chi connectivity index (χ3n) is 2.77. The van der Waals surface area contributed by atoms with Crippen LogP contribution in [-0.4, -0.2) is 23.9 Å². The molecule has 0 radical (unpaired) electrons. The van der Waals surface area contributed by atoms with Crippen LogP contribution in [0, 0.1) is 0 Å². The zero-order valence-electron chi connectivity index (χ0n) is 9.27. The number of carbonyl (C=O) groups excluding carboxylic acids is 1. The molecule has 0 aromatic rings. The SMILES string of the molecule is CC1=CC(=O)[C@H](C)[NH+](C(C)(C)C)C1. The minimum Gasteiger partial charge on any atom is -0.319 e. The quantitative estimate of drug-likeness (QED) is 0.581. The molecule has 0 saturated carbocycles. The van der Waals surface area contributed by atoms with Crippen molar-refractivity contribution in [3.05, 3.63) is 11.6 Å². The molecule has 0 aliphatic carbocycles. The largest absolute Gasteiger partial charge is 0.319 e. The second-order valence-electron chi connectivity index (χ2n) is 5.07. The van der Waals surface area contributed by atoms with Crippen LogP contribution < -0.4 is 4.90 Å². The summed E-state index contributed by atoms with van der Waals surface area (Å²) in [6, 6.07) is 0.115. The van der Waals surface area contributed by atoms with E-state index in [0.29, 0.717) is 0 Å². The van der Waals surface area contributed by atoms with Gasteiger partial charge in [0, 0.05) is 0 Å². The van der Waals surface area contributed by atoms with E-state index in [-0.39, 0.29) is 17.4 Å². The normalized spacial score (nSPS) is 30.2. The molecule has 1 unspecified atom stereocenters. The first-order chi connectivity index (χ1) is 5.82. The van der Waals surface area contributed by atoms with Gasteiger partial charge in [0.15, 0.2) is 0 Å². The number of nitrogens with one attached hydrogen (secondary N) is 1. The van der Waals surface area contributed by atoms with E-state index in [2.05, 4.69) is 20.8 Å². The number of hydrogen-bond donors (Lipinski definition) is 1. The van der Waals surface area contributed by atoms with Gasteiger partial charge in [-0.05, 0) is 46.3 Å². The predicted molar refractivity (Wildman–Crippen MR) is 53.8 cm³/mol. The van der Waals surface area contributed by atoms with Gasteiger partial charge in [-0.25, -0.2) is 0 Å². The van der Waals surface area contributed by atoms with E-state index in [4.69, 9.17) is 0 Å². The van der Waals surface area contributed by atoms with Crippen molar-refractivity contribution < 1.29 is 9.69 Å². The molecule has 74 valence electrons. The van der Waals surface area contributed by atoms with Crippen LogP contribution in [-0.2, 0) is 4.79 Å². The van der Waals surface area contributed by atoms with Gasteiger partial charge in [0.25, 0.3) is 0 Å². The van der Waals surface area contributed by atoms with E-state index in [1.165, 1.54) is 10.5 Å². The molecule has 13 heavy (non-hydrogen) atoms. The summed E-state index contributed by atoms with van der Waals surface area (Å²) in [5, 5.41) is 0. The Balaban J connectivity index is 2.91. The van der Waals surface area contributed by atoms with Gasteiger partial charge in [0.2, 0.25) is 5.78 Å². The highest BCUT2D eigenvalue weighted by Crippen LogP contribution is 2.03. The molecule has 1 N–H and O–H groups in total. The molecule has 0 saturated heterocycles. The second kappa shape index (κ2) is 3.26. The van der Waals surface area contributed by atoms with Crippen LogP contribution in [0.1, 0.15) is 34.6 Å². The van der Waals surface area contributed by atoms with Crippen molar-refractivity contribution in [2.45, 2.75) is 46.2 Å². The Morgan fingerprint density at radius 3 is 2.46 bits per heavy atom.